The van der Waals surface area contributed by atoms with Crippen molar-refractivity contribution in [2.45, 2.75) is 279 Å². The largest absolute Gasteiger partial charge is 0.457 e. The fourth-order valence-electron chi connectivity index (χ4n) is 14.7. The maximum Gasteiger partial charge on any atom is 0.306 e. The maximum atomic E-state index is 12.9. The van der Waals surface area contributed by atoms with Gasteiger partial charge in [-0.05, 0) is 97.2 Å². The molecule has 0 radical (unpaired) electrons. The second kappa shape index (κ2) is 24.3. The number of aliphatic hydroxyl groups is 3. The first-order chi connectivity index (χ1) is 30.0. The molecule has 13 atom stereocenters. The van der Waals surface area contributed by atoms with E-state index in [9.17, 15) is 20.1 Å². The Kier molecular flexibility index (Phi) is 20.5. The Morgan fingerprint density at radius 3 is 1.86 bits per heavy atom. The van der Waals surface area contributed by atoms with Crippen LogP contribution in [0.3, 0.4) is 0 Å². The van der Waals surface area contributed by atoms with Crippen molar-refractivity contribution in [2.24, 2.45) is 51.2 Å². The number of esters is 1. The summed E-state index contributed by atoms with van der Waals surface area (Å²) >= 11 is 0. The Labute approximate surface area is 387 Å². The number of hydrogen-bond donors (Lipinski definition) is 3. The number of allylic oxidation sites excluding steroid dienone is 1. The molecule has 4 aliphatic carbocycles. The lowest BCUT2D eigenvalue weighted by Crippen LogP contribution is -2.62. The Bertz CT molecular complexity index is 1390. The summed E-state index contributed by atoms with van der Waals surface area (Å²) in [6.07, 6.45) is 30.6. The molecule has 1 saturated heterocycles. The summed E-state index contributed by atoms with van der Waals surface area (Å²) in [5.41, 5.74) is 2.00. The van der Waals surface area contributed by atoms with Crippen molar-refractivity contribution < 1.29 is 34.3 Å². The predicted molar refractivity (Wildman–Crippen MR) is 258 cm³/mol. The number of rotatable bonds is 27. The zero-order chi connectivity index (χ0) is 45.8. The second-order valence-electron chi connectivity index (χ2n) is 23.8. The number of ether oxygens (including phenoxy) is 3. The molecule has 7 nitrogen and oxygen atoms in total. The number of aliphatic hydroxyl groups excluding tert-OH is 3. The Morgan fingerprint density at radius 1 is 0.714 bits per heavy atom. The average molecular weight is 885 g/mol. The highest BCUT2D eigenvalue weighted by atomic mass is 16.7. The number of carbonyl (C=O) groups excluding carboxylic acids is 1. The van der Waals surface area contributed by atoms with E-state index in [0.29, 0.717) is 22.7 Å². The summed E-state index contributed by atoms with van der Waals surface area (Å²) in [4.78, 5) is 12.9. The molecule has 1 heterocycles. The van der Waals surface area contributed by atoms with E-state index in [1.807, 2.05) is 0 Å². The molecule has 3 N–H and O–H groups in total. The third-order valence-electron chi connectivity index (χ3n) is 18.8. The zero-order valence-corrected chi connectivity index (χ0v) is 42.4. The van der Waals surface area contributed by atoms with Crippen molar-refractivity contribution in [3.63, 3.8) is 0 Å². The van der Waals surface area contributed by atoms with Gasteiger partial charge in [-0.3, -0.25) is 4.79 Å². The standard InChI is InChI=1S/C56H100O7/c1-10-11-12-13-14-15-16-17-18-19-20-21-22-23-24-25-26-30-48(58)63-51-45(39-57)61-52(50(60)49(51)59)62-47-35-36-54(7)43-34-38-55(8)42(41(4)29-27-28-40(2)3)33-37-56(55,9)44(43)31-32-46(54)53(47,5)6/h32,40-45,47,49-52,57,59-60H,10-31,33-39H2,1-9H3/t41-,42-,43+,44-,45-,47+,49-,50-,51-,52+,54-,55-,56+/m1/s1. The van der Waals surface area contributed by atoms with Crippen molar-refractivity contribution >= 4 is 5.97 Å². The number of hydrogen-bond acceptors (Lipinski definition) is 7. The number of fused-ring (bicyclic) bond motifs is 5. The maximum absolute atomic E-state index is 12.9. The summed E-state index contributed by atoms with van der Waals surface area (Å²) in [5, 5.41) is 33.1. The Hall–Kier alpha value is -0.990. The molecule has 5 rings (SSSR count). The molecule has 7 heteroatoms. The zero-order valence-electron chi connectivity index (χ0n) is 42.4. The van der Waals surface area contributed by atoms with E-state index in [4.69, 9.17) is 14.2 Å². The van der Waals surface area contributed by atoms with Gasteiger partial charge in [0, 0.05) is 11.8 Å². The number of unbranched alkanes of at least 4 members (excludes halogenated alkanes) is 16. The molecule has 5 aliphatic rings. The van der Waals surface area contributed by atoms with E-state index in [1.165, 1.54) is 140 Å². The van der Waals surface area contributed by atoms with Gasteiger partial charge in [0.05, 0.1) is 12.7 Å². The van der Waals surface area contributed by atoms with Gasteiger partial charge in [-0.25, -0.2) is 0 Å². The summed E-state index contributed by atoms with van der Waals surface area (Å²) in [6.45, 7) is 21.6. The average Bonchev–Trinajstić information content (AvgIpc) is 3.53. The minimum Gasteiger partial charge on any atom is -0.457 e. The van der Waals surface area contributed by atoms with Crippen LogP contribution in [0.4, 0.5) is 0 Å². The smallest absolute Gasteiger partial charge is 0.306 e. The molecule has 0 amide bonds. The van der Waals surface area contributed by atoms with Gasteiger partial charge in [0.15, 0.2) is 12.4 Å². The SMILES string of the molecule is CCCCCCCCCCCCCCCCCCCC(=O)O[C@H]1[C@H](O)[C@@H](O)[C@H](O[C@H]2CC[C@@]3(C)C(=CC[C@@H]4[C@@H]3CC[C@]3(C)[C@@H]([C@H](C)CCCC(C)C)CC[C@@]43C)C2(C)C)O[C@@H]1CO. The Balaban J connectivity index is 1.05. The van der Waals surface area contributed by atoms with Crippen LogP contribution in [0.15, 0.2) is 11.6 Å². The van der Waals surface area contributed by atoms with Crippen molar-refractivity contribution in [3.8, 4) is 0 Å². The van der Waals surface area contributed by atoms with Crippen LogP contribution < -0.4 is 0 Å². The summed E-state index contributed by atoms with van der Waals surface area (Å²) < 4.78 is 18.6. The lowest BCUT2D eigenvalue weighted by atomic mass is 9.40. The fraction of sp³-hybridized carbons (Fsp3) is 0.946. The predicted octanol–water partition coefficient (Wildman–Crippen LogP) is 13.8. The number of carbonyl (C=O) groups is 1. The second-order valence-corrected chi connectivity index (χ2v) is 23.8. The molecular formula is C56H100O7. The van der Waals surface area contributed by atoms with Crippen molar-refractivity contribution in [2.75, 3.05) is 6.61 Å². The van der Waals surface area contributed by atoms with Gasteiger partial charge >= 0.3 is 5.97 Å². The molecule has 4 fully saturated rings. The molecule has 0 bridgehead atoms. The molecule has 1 aliphatic heterocycles. The summed E-state index contributed by atoms with van der Waals surface area (Å²) in [7, 11) is 0. The highest BCUT2D eigenvalue weighted by Gasteiger charge is 2.66. The highest BCUT2D eigenvalue weighted by molar-refractivity contribution is 5.69. The Morgan fingerprint density at radius 2 is 1.29 bits per heavy atom. The van der Waals surface area contributed by atoms with Crippen LogP contribution in [0.2, 0.25) is 0 Å². The molecule has 63 heavy (non-hydrogen) atoms. The molecule has 0 aromatic carbocycles. The van der Waals surface area contributed by atoms with E-state index >= 15 is 0 Å². The van der Waals surface area contributed by atoms with Crippen LogP contribution in [0.1, 0.15) is 242 Å². The van der Waals surface area contributed by atoms with Crippen LogP contribution in [0.25, 0.3) is 0 Å². The molecule has 366 valence electrons. The third-order valence-corrected chi connectivity index (χ3v) is 18.8. The molecule has 3 saturated carbocycles. The normalized spacial score (nSPS) is 36.7. The van der Waals surface area contributed by atoms with E-state index in [2.05, 4.69) is 68.4 Å². The van der Waals surface area contributed by atoms with E-state index in [0.717, 1.165) is 56.3 Å². The molecule has 0 spiro atoms. The first-order valence-corrected chi connectivity index (χ1v) is 27.2. The van der Waals surface area contributed by atoms with E-state index in [1.54, 1.807) is 0 Å². The van der Waals surface area contributed by atoms with Gasteiger partial charge in [-0.2, -0.15) is 0 Å². The third kappa shape index (κ3) is 12.6. The van der Waals surface area contributed by atoms with Crippen LogP contribution >= 0.6 is 0 Å². The van der Waals surface area contributed by atoms with Crippen LogP contribution in [-0.2, 0) is 19.0 Å². The molecule has 0 unspecified atom stereocenters. The van der Waals surface area contributed by atoms with E-state index < -0.39 is 43.3 Å². The topological polar surface area (TPSA) is 105 Å². The first kappa shape index (κ1) is 53.0. The lowest BCUT2D eigenvalue weighted by Gasteiger charge is -2.65. The van der Waals surface area contributed by atoms with Gasteiger partial charge in [0.25, 0.3) is 0 Å². The molecule has 0 aromatic heterocycles. The molecular weight excluding hydrogens is 785 g/mol. The van der Waals surface area contributed by atoms with E-state index in [-0.39, 0.29) is 23.4 Å². The lowest BCUT2D eigenvalue weighted by molar-refractivity contribution is -0.322. The fourth-order valence-corrected chi connectivity index (χ4v) is 14.7. The van der Waals surface area contributed by atoms with Crippen LogP contribution in [0.5, 0.6) is 0 Å². The van der Waals surface area contributed by atoms with Gasteiger partial charge < -0.3 is 29.5 Å². The van der Waals surface area contributed by atoms with Gasteiger partial charge in [0.2, 0.25) is 0 Å². The first-order valence-electron chi connectivity index (χ1n) is 27.2. The monoisotopic (exact) mass is 885 g/mol. The van der Waals surface area contributed by atoms with Crippen molar-refractivity contribution in [3.05, 3.63) is 11.6 Å². The van der Waals surface area contributed by atoms with Gasteiger partial charge in [0.1, 0.15) is 18.3 Å². The van der Waals surface area contributed by atoms with Crippen LogP contribution in [-0.4, -0.2) is 64.7 Å². The van der Waals surface area contributed by atoms with Crippen LogP contribution in [0, 0.1) is 51.2 Å². The minimum atomic E-state index is -1.42. The van der Waals surface area contributed by atoms with Crippen molar-refractivity contribution in [1.82, 2.24) is 0 Å². The molecule has 0 aromatic rings. The quantitative estimate of drug-likeness (QED) is 0.0429. The van der Waals surface area contributed by atoms with Gasteiger partial charge in [-0.1, -0.05) is 196 Å². The highest BCUT2D eigenvalue weighted by Crippen LogP contribution is 2.74. The summed E-state index contributed by atoms with van der Waals surface area (Å²) in [5.74, 6) is 3.28. The van der Waals surface area contributed by atoms with Gasteiger partial charge in [-0.15, -0.1) is 0 Å². The van der Waals surface area contributed by atoms with Crippen molar-refractivity contribution in [1.29, 1.82) is 0 Å². The summed E-state index contributed by atoms with van der Waals surface area (Å²) in [6, 6.07) is 0. The minimum absolute atomic E-state index is 0.0856.